The highest BCUT2D eigenvalue weighted by molar-refractivity contribution is 5.62. The minimum Gasteiger partial charge on any atom is -0.385 e. The second-order valence-corrected chi connectivity index (χ2v) is 5.06. The molecule has 17 heavy (non-hydrogen) atoms. The van der Waals surface area contributed by atoms with Crippen LogP contribution in [-0.4, -0.2) is 6.54 Å². The van der Waals surface area contributed by atoms with Crippen molar-refractivity contribution in [2.45, 2.75) is 39.0 Å². The number of rotatable bonds is 5. The number of aryl methyl sites for hydroxylation is 1. The van der Waals surface area contributed by atoms with E-state index in [1.54, 1.807) is 0 Å². The third-order valence-electron chi connectivity index (χ3n) is 3.76. The Labute approximate surface area is 105 Å². The zero-order valence-electron chi connectivity index (χ0n) is 10.8. The second-order valence-electron chi connectivity index (χ2n) is 5.06. The van der Waals surface area contributed by atoms with E-state index >= 15 is 0 Å². The molecule has 1 nitrogen and oxygen atoms in total. The third-order valence-corrected chi connectivity index (χ3v) is 3.76. The normalized spacial score (nSPS) is 16.1. The predicted octanol–water partition coefficient (Wildman–Crippen LogP) is 4.00. The maximum Gasteiger partial charge on any atom is 0.0340 e. The molecule has 1 aromatic carbocycles. The topological polar surface area (TPSA) is 12.0 Å². The van der Waals surface area contributed by atoms with Crippen LogP contribution < -0.4 is 5.32 Å². The van der Waals surface area contributed by atoms with Crippen molar-refractivity contribution >= 4 is 5.70 Å². The first-order valence-corrected chi connectivity index (χ1v) is 6.81. The Kier molecular flexibility index (Phi) is 4.24. The van der Waals surface area contributed by atoms with Gasteiger partial charge < -0.3 is 5.32 Å². The maximum atomic E-state index is 4.15. The summed E-state index contributed by atoms with van der Waals surface area (Å²) >= 11 is 0. The van der Waals surface area contributed by atoms with E-state index in [4.69, 9.17) is 0 Å². The largest absolute Gasteiger partial charge is 0.385 e. The quantitative estimate of drug-likeness (QED) is 0.804. The molecule has 1 aliphatic carbocycles. The lowest BCUT2D eigenvalue weighted by Crippen LogP contribution is -2.19. The fourth-order valence-electron chi connectivity index (χ4n) is 2.56. The molecule has 0 atom stereocenters. The van der Waals surface area contributed by atoms with Crippen LogP contribution in [0, 0.1) is 5.92 Å². The molecule has 0 aromatic heterocycles. The van der Waals surface area contributed by atoms with Crippen molar-refractivity contribution in [2.24, 2.45) is 5.92 Å². The molecule has 1 fully saturated rings. The van der Waals surface area contributed by atoms with Crippen LogP contribution in [0.3, 0.4) is 0 Å². The molecule has 1 N–H and O–H groups in total. The molecule has 0 bridgehead atoms. The molecular weight excluding hydrogens is 206 g/mol. The monoisotopic (exact) mass is 229 g/mol. The van der Waals surface area contributed by atoms with Gasteiger partial charge in [0.15, 0.2) is 0 Å². The number of nitrogens with one attached hydrogen (secondary N) is 1. The fourth-order valence-corrected chi connectivity index (χ4v) is 2.56. The zero-order chi connectivity index (χ0) is 12.1. The first kappa shape index (κ1) is 12.2. The summed E-state index contributed by atoms with van der Waals surface area (Å²) in [6.07, 6.45) is 6.67. The molecule has 1 heteroatoms. The number of hydrogen-bond donors (Lipinski definition) is 1. The van der Waals surface area contributed by atoms with E-state index in [1.807, 2.05) is 0 Å². The predicted molar refractivity (Wildman–Crippen MR) is 74.8 cm³/mol. The van der Waals surface area contributed by atoms with Crippen molar-refractivity contribution in [3.8, 4) is 0 Å². The summed E-state index contributed by atoms with van der Waals surface area (Å²) in [4.78, 5) is 0. The number of benzene rings is 1. The lowest BCUT2D eigenvalue weighted by molar-refractivity contribution is 0.531. The van der Waals surface area contributed by atoms with Crippen LogP contribution in [0.25, 0.3) is 5.70 Å². The molecule has 92 valence electrons. The van der Waals surface area contributed by atoms with Crippen molar-refractivity contribution in [3.63, 3.8) is 0 Å². The summed E-state index contributed by atoms with van der Waals surface area (Å²) < 4.78 is 0. The van der Waals surface area contributed by atoms with Crippen LogP contribution in [0.1, 0.15) is 43.7 Å². The Hall–Kier alpha value is -1.24. The molecule has 0 aliphatic heterocycles. The van der Waals surface area contributed by atoms with E-state index in [0.29, 0.717) is 0 Å². The first-order chi connectivity index (χ1) is 8.29. The van der Waals surface area contributed by atoms with Gasteiger partial charge in [-0.2, -0.15) is 0 Å². The van der Waals surface area contributed by atoms with Crippen LogP contribution in [0.2, 0.25) is 0 Å². The lowest BCUT2D eigenvalue weighted by atomic mass is 10.1. The first-order valence-electron chi connectivity index (χ1n) is 6.81. The van der Waals surface area contributed by atoms with Gasteiger partial charge in [0, 0.05) is 12.2 Å². The number of hydrogen-bond acceptors (Lipinski definition) is 1. The van der Waals surface area contributed by atoms with Gasteiger partial charge in [0.05, 0.1) is 0 Å². The summed E-state index contributed by atoms with van der Waals surface area (Å²) in [7, 11) is 0. The zero-order valence-corrected chi connectivity index (χ0v) is 10.8. The Balaban J connectivity index is 1.89. The van der Waals surface area contributed by atoms with Crippen LogP contribution in [-0.2, 0) is 6.42 Å². The molecule has 2 rings (SSSR count). The van der Waals surface area contributed by atoms with E-state index in [1.165, 1.54) is 36.8 Å². The third kappa shape index (κ3) is 3.36. The van der Waals surface area contributed by atoms with Gasteiger partial charge in [0.2, 0.25) is 0 Å². The van der Waals surface area contributed by atoms with E-state index in [0.717, 1.165) is 24.6 Å². The van der Waals surface area contributed by atoms with E-state index in [-0.39, 0.29) is 0 Å². The van der Waals surface area contributed by atoms with E-state index in [9.17, 15) is 0 Å². The Morgan fingerprint density at radius 3 is 2.82 bits per heavy atom. The summed E-state index contributed by atoms with van der Waals surface area (Å²) in [6, 6.07) is 8.68. The average molecular weight is 229 g/mol. The molecule has 0 saturated heterocycles. The Morgan fingerprint density at radius 1 is 1.35 bits per heavy atom. The summed E-state index contributed by atoms with van der Waals surface area (Å²) in [6.45, 7) is 7.43. The van der Waals surface area contributed by atoms with Gasteiger partial charge in [-0.1, -0.05) is 44.5 Å². The molecule has 0 amide bonds. The molecule has 0 spiro atoms. The highest BCUT2D eigenvalue weighted by Crippen LogP contribution is 2.24. The van der Waals surface area contributed by atoms with Gasteiger partial charge in [-0.3, -0.25) is 0 Å². The van der Waals surface area contributed by atoms with Crippen molar-refractivity contribution in [3.05, 3.63) is 42.0 Å². The van der Waals surface area contributed by atoms with Gasteiger partial charge in [0.25, 0.3) is 0 Å². The highest BCUT2D eigenvalue weighted by atomic mass is 14.9. The van der Waals surface area contributed by atoms with Crippen molar-refractivity contribution in [1.82, 2.24) is 5.32 Å². The Bertz CT molecular complexity index is 375. The van der Waals surface area contributed by atoms with Gasteiger partial charge >= 0.3 is 0 Å². The highest BCUT2D eigenvalue weighted by Gasteiger charge is 2.14. The van der Waals surface area contributed by atoms with Gasteiger partial charge in [-0.15, -0.1) is 0 Å². The SMILES string of the molecule is C=C(NCC1CCCC1)c1cccc(CC)c1. The molecular formula is C16H23N. The van der Waals surface area contributed by atoms with Gasteiger partial charge in [-0.05, 0) is 42.4 Å². The summed E-state index contributed by atoms with van der Waals surface area (Å²) in [5.74, 6) is 0.862. The fraction of sp³-hybridized carbons (Fsp3) is 0.500. The maximum absolute atomic E-state index is 4.15. The molecule has 1 aromatic rings. The van der Waals surface area contributed by atoms with E-state index in [2.05, 4.69) is 43.1 Å². The van der Waals surface area contributed by atoms with Crippen LogP contribution >= 0.6 is 0 Å². The summed E-state index contributed by atoms with van der Waals surface area (Å²) in [5, 5.41) is 3.50. The van der Waals surface area contributed by atoms with Gasteiger partial charge in [0.1, 0.15) is 0 Å². The minimum atomic E-state index is 0.862. The minimum absolute atomic E-state index is 0.862. The van der Waals surface area contributed by atoms with Crippen LogP contribution in [0.4, 0.5) is 0 Å². The standard InChI is InChI=1S/C16H23N/c1-3-14-9-6-10-16(11-14)13(2)17-12-15-7-4-5-8-15/h6,9-11,15,17H,2-5,7-8,12H2,1H3. The smallest absolute Gasteiger partial charge is 0.0340 e. The molecule has 1 aliphatic rings. The molecule has 0 unspecified atom stereocenters. The average Bonchev–Trinajstić information content (AvgIpc) is 2.89. The molecule has 1 saturated carbocycles. The van der Waals surface area contributed by atoms with Gasteiger partial charge in [-0.25, -0.2) is 0 Å². The van der Waals surface area contributed by atoms with Crippen LogP contribution in [0.5, 0.6) is 0 Å². The molecule has 0 radical (unpaired) electrons. The lowest BCUT2D eigenvalue weighted by Gasteiger charge is -2.14. The van der Waals surface area contributed by atoms with Crippen molar-refractivity contribution < 1.29 is 0 Å². The van der Waals surface area contributed by atoms with Crippen molar-refractivity contribution in [1.29, 1.82) is 0 Å². The molecule has 0 heterocycles. The van der Waals surface area contributed by atoms with Crippen LogP contribution in [0.15, 0.2) is 30.8 Å². The van der Waals surface area contributed by atoms with E-state index < -0.39 is 0 Å². The second kappa shape index (κ2) is 5.90. The Morgan fingerprint density at radius 2 is 2.12 bits per heavy atom. The van der Waals surface area contributed by atoms with Crippen molar-refractivity contribution in [2.75, 3.05) is 6.54 Å². The summed E-state index contributed by atoms with van der Waals surface area (Å²) in [5.41, 5.74) is 3.70.